The average molecular weight is 280 g/mol. The fourth-order valence-corrected chi connectivity index (χ4v) is 1.17. The van der Waals surface area contributed by atoms with Crippen LogP contribution in [0.3, 0.4) is 0 Å². The molecule has 0 unspecified atom stereocenters. The van der Waals surface area contributed by atoms with E-state index in [2.05, 4.69) is 24.8 Å². The number of hydrogen-bond donors (Lipinski definition) is 0. The van der Waals surface area contributed by atoms with E-state index in [1.807, 2.05) is 0 Å². The van der Waals surface area contributed by atoms with Gasteiger partial charge in [0, 0.05) is 12.4 Å². The fourth-order valence-electron chi connectivity index (χ4n) is 1.02. The van der Waals surface area contributed by atoms with E-state index < -0.39 is 18.8 Å². The van der Waals surface area contributed by atoms with E-state index in [1.165, 1.54) is 17.1 Å². The van der Waals surface area contributed by atoms with Crippen LogP contribution in [-0.4, -0.2) is 37.5 Å². The molecule has 18 heavy (non-hydrogen) atoms. The normalized spacial score (nSPS) is 11.6. The average Bonchev–Trinajstić information content (AvgIpc) is 2.78. The number of halogens is 4. The summed E-state index contributed by atoms with van der Waals surface area (Å²) in [6.07, 6.45) is -1.53. The Morgan fingerprint density at radius 3 is 2.67 bits per heavy atom. The van der Waals surface area contributed by atoms with Gasteiger partial charge in [-0.05, 0) is 17.7 Å². The first-order chi connectivity index (χ1) is 8.44. The minimum atomic E-state index is -4.48. The number of rotatable bonds is 3. The summed E-state index contributed by atoms with van der Waals surface area (Å²) in [6, 6.07) is 1.08. The Balaban J connectivity index is 2.22. The van der Waals surface area contributed by atoms with E-state index in [1.54, 1.807) is 6.07 Å². The third-order valence-electron chi connectivity index (χ3n) is 1.65. The number of ether oxygens (including phenoxy) is 1. The Bertz CT molecular complexity index is 530. The molecule has 0 saturated carbocycles. The summed E-state index contributed by atoms with van der Waals surface area (Å²) in [4.78, 5) is 10.8. The molecule has 0 atom stereocenters. The van der Waals surface area contributed by atoms with Crippen molar-refractivity contribution < 1.29 is 17.9 Å². The zero-order valence-corrected chi connectivity index (χ0v) is 9.35. The summed E-state index contributed by atoms with van der Waals surface area (Å²) in [5.74, 6) is -0.0304. The summed E-state index contributed by atoms with van der Waals surface area (Å²) < 4.78 is 41.5. The molecule has 0 fully saturated rings. The predicted octanol–water partition coefficient (Wildman–Crippen LogP) is 1.65. The van der Waals surface area contributed by atoms with Gasteiger partial charge in [0.25, 0.3) is 5.95 Å². The predicted molar refractivity (Wildman–Crippen MR) is 53.5 cm³/mol. The van der Waals surface area contributed by atoms with Crippen molar-refractivity contribution in [2.75, 3.05) is 6.61 Å². The molecule has 2 aromatic rings. The highest BCUT2D eigenvalue weighted by molar-refractivity contribution is 6.28. The van der Waals surface area contributed by atoms with Gasteiger partial charge in [-0.25, -0.2) is 4.68 Å². The summed E-state index contributed by atoms with van der Waals surface area (Å²) in [5, 5.41) is 3.52. The SMILES string of the molecule is FC(F)(F)COc1nc(Cl)nc(-n2cccn2)n1. The second-order valence-electron chi connectivity index (χ2n) is 3.04. The minimum absolute atomic E-state index is 0.0304. The van der Waals surface area contributed by atoms with Crippen LogP contribution >= 0.6 is 11.6 Å². The van der Waals surface area contributed by atoms with Gasteiger partial charge in [0.15, 0.2) is 6.61 Å². The van der Waals surface area contributed by atoms with Crippen LogP contribution in [0.1, 0.15) is 0 Å². The molecule has 0 aliphatic heterocycles. The van der Waals surface area contributed by atoms with E-state index in [-0.39, 0.29) is 11.2 Å². The van der Waals surface area contributed by atoms with E-state index in [4.69, 9.17) is 11.6 Å². The summed E-state index contributed by atoms with van der Waals surface area (Å²) in [6.45, 7) is -1.51. The lowest BCUT2D eigenvalue weighted by Gasteiger charge is -2.08. The molecular weight excluding hydrogens is 275 g/mol. The topological polar surface area (TPSA) is 65.7 Å². The highest BCUT2D eigenvalue weighted by Crippen LogP contribution is 2.17. The maximum Gasteiger partial charge on any atom is 0.422 e. The molecule has 0 amide bonds. The molecule has 10 heteroatoms. The van der Waals surface area contributed by atoms with Gasteiger partial charge in [-0.2, -0.15) is 33.2 Å². The smallest absolute Gasteiger partial charge is 0.422 e. The Morgan fingerprint density at radius 2 is 2.06 bits per heavy atom. The van der Waals surface area contributed by atoms with Crippen LogP contribution in [0.15, 0.2) is 18.5 Å². The van der Waals surface area contributed by atoms with Crippen molar-refractivity contribution in [1.29, 1.82) is 0 Å². The molecule has 0 aliphatic rings. The first-order valence-electron chi connectivity index (χ1n) is 4.55. The lowest BCUT2D eigenvalue weighted by atomic mass is 10.7. The van der Waals surface area contributed by atoms with Crippen LogP contribution in [0.2, 0.25) is 5.28 Å². The molecule has 6 nitrogen and oxygen atoms in total. The number of hydrogen-bond acceptors (Lipinski definition) is 5. The molecule has 0 aliphatic carbocycles. The Kier molecular flexibility index (Phi) is 3.32. The Hall–Kier alpha value is -1.90. The van der Waals surface area contributed by atoms with Crippen molar-refractivity contribution in [3.05, 3.63) is 23.7 Å². The lowest BCUT2D eigenvalue weighted by Crippen LogP contribution is -2.20. The number of alkyl halides is 3. The zero-order valence-electron chi connectivity index (χ0n) is 8.60. The van der Waals surface area contributed by atoms with Crippen LogP contribution in [-0.2, 0) is 0 Å². The number of nitrogens with zero attached hydrogens (tertiary/aromatic N) is 5. The lowest BCUT2D eigenvalue weighted by molar-refractivity contribution is -0.154. The van der Waals surface area contributed by atoms with Crippen LogP contribution in [0.25, 0.3) is 5.95 Å². The molecule has 96 valence electrons. The van der Waals surface area contributed by atoms with Crippen molar-refractivity contribution in [2.45, 2.75) is 6.18 Å². The molecule has 0 radical (unpaired) electrons. The first kappa shape index (κ1) is 12.6. The molecule has 2 rings (SSSR count). The van der Waals surface area contributed by atoms with E-state index in [0.29, 0.717) is 0 Å². The minimum Gasteiger partial charge on any atom is -0.454 e. The molecule has 2 heterocycles. The third kappa shape index (κ3) is 3.29. The monoisotopic (exact) mass is 279 g/mol. The second-order valence-corrected chi connectivity index (χ2v) is 3.38. The van der Waals surface area contributed by atoms with Crippen molar-refractivity contribution in [1.82, 2.24) is 24.7 Å². The van der Waals surface area contributed by atoms with Crippen molar-refractivity contribution >= 4 is 11.6 Å². The quantitative estimate of drug-likeness (QED) is 0.855. The van der Waals surface area contributed by atoms with Gasteiger partial charge in [0.05, 0.1) is 0 Å². The largest absolute Gasteiger partial charge is 0.454 e. The molecular formula is C8H5ClF3N5O. The fraction of sp³-hybridized carbons (Fsp3) is 0.250. The van der Waals surface area contributed by atoms with Gasteiger partial charge in [0.1, 0.15) is 0 Å². The van der Waals surface area contributed by atoms with E-state index in [0.717, 1.165) is 0 Å². The Morgan fingerprint density at radius 1 is 1.28 bits per heavy atom. The van der Waals surface area contributed by atoms with E-state index >= 15 is 0 Å². The van der Waals surface area contributed by atoms with Crippen molar-refractivity contribution in [3.8, 4) is 12.0 Å². The van der Waals surface area contributed by atoms with Crippen LogP contribution < -0.4 is 4.74 Å². The second kappa shape index (κ2) is 4.77. The van der Waals surface area contributed by atoms with E-state index in [9.17, 15) is 13.2 Å². The van der Waals surface area contributed by atoms with Gasteiger partial charge < -0.3 is 4.74 Å². The highest BCUT2D eigenvalue weighted by Gasteiger charge is 2.29. The van der Waals surface area contributed by atoms with Gasteiger partial charge in [-0.3, -0.25) is 0 Å². The molecule has 0 N–H and O–H groups in total. The standard InChI is InChI=1S/C8H5ClF3N5O/c9-5-14-6(17-3-1-2-13-17)16-7(15-5)18-4-8(10,11)12/h1-3H,4H2. The molecule has 2 aromatic heterocycles. The Labute approximate surface area is 103 Å². The van der Waals surface area contributed by atoms with Gasteiger partial charge in [-0.1, -0.05) is 0 Å². The molecule has 0 bridgehead atoms. The van der Waals surface area contributed by atoms with Gasteiger partial charge in [-0.15, -0.1) is 0 Å². The van der Waals surface area contributed by atoms with Crippen LogP contribution in [0, 0.1) is 0 Å². The molecule has 0 aromatic carbocycles. The summed E-state index contributed by atoms with van der Waals surface area (Å²) >= 11 is 5.55. The first-order valence-corrected chi connectivity index (χ1v) is 4.93. The molecule has 0 saturated heterocycles. The summed E-state index contributed by atoms with van der Waals surface area (Å²) in [5.41, 5.74) is 0. The van der Waals surface area contributed by atoms with Crippen molar-refractivity contribution in [3.63, 3.8) is 0 Å². The number of aromatic nitrogens is 5. The van der Waals surface area contributed by atoms with Gasteiger partial charge in [0.2, 0.25) is 5.28 Å². The maximum atomic E-state index is 12.0. The van der Waals surface area contributed by atoms with Crippen molar-refractivity contribution in [2.24, 2.45) is 0 Å². The van der Waals surface area contributed by atoms with Crippen LogP contribution in [0.5, 0.6) is 6.01 Å². The molecule has 0 spiro atoms. The zero-order chi connectivity index (χ0) is 13.2. The highest BCUT2D eigenvalue weighted by atomic mass is 35.5. The summed E-state index contributed by atoms with van der Waals surface area (Å²) in [7, 11) is 0. The van der Waals surface area contributed by atoms with Gasteiger partial charge >= 0.3 is 12.2 Å². The van der Waals surface area contributed by atoms with Crippen LogP contribution in [0.4, 0.5) is 13.2 Å². The maximum absolute atomic E-state index is 12.0. The third-order valence-corrected chi connectivity index (χ3v) is 1.82.